The van der Waals surface area contributed by atoms with E-state index in [1.807, 2.05) is 20.8 Å². The molecule has 0 unspecified atom stereocenters. The molecule has 0 saturated carbocycles. The van der Waals surface area contributed by atoms with E-state index in [2.05, 4.69) is 5.10 Å². The summed E-state index contributed by atoms with van der Waals surface area (Å²) in [6.45, 7) is 5.43. The molecule has 1 aromatic carbocycles. The van der Waals surface area contributed by atoms with Crippen molar-refractivity contribution >= 4 is 28.6 Å². The van der Waals surface area contributed by atoms with E-state index < -0.39 is 11.7 Å². The molecule has 4 nitrogen and oxygen atoms in total. The number of benzene rings is 1. The second-order valence-corrected chi connectivity index (χ2v) is 5.12. The Labute approximate surface area is 104 Å². The smallest absolute Gasteiger partial charge is 0.435 e. The zero-order chi connectivity index (χ0) is 12.6. The van der Waals surface area contributed by atoms with Crippen LogP contribution in [0.4, 0.5) is 4.79 Å². The average molecular weight is 253 g/mol. The van der Waals surface area contributed by atoms with Crippen molar-refractivity contribution in [2.75, 3.05) is 0 Å². The molecule has 0 saturated heterocycles. The van der Waals surface area contributed by atoms with E-state index in [0.29, 0.717) is 10.5 Å². The summed E-state index contributed by atoms with van der Waals surface area (Å²) in [5.41, 5.74) is 0.0975. The molecule has 17 heavy (non-hydrogen) atoms. The van der Waals surface area contributed by atoms with Gasteiger partial charge in [-0.15, -0.1) is 0 Å². The fourth-order valence-corrected chi connectivity index (χ4v) is 1.68. The highest BCUT2D eigenvalue weighted by atomic mass is 35.5. The van der Waals surface area contributed by atoms with Gasteiger partial charge in [0.15, 0.2) is 0 Å². The minimum Gasteiger partial charge on any atom is -0.442 e. The van der Waals surface area contributed by atoms with Crippen LogP contribution in [0.3, 0.4) is 0 Å². The SMILES string of the molecule is CC(C)(C)OC(=O)n1ncc2c(Cl)cccc21. The topological polar surface area (TPSA) is 44.1 Å². The number of aromatic nitrogens is 2. The molecule has 0 radical (unpaired) electrons. The van der Waals surface area contributed by atoms with Crippen LogP contribution in [0.25, 0.3) is 10.9 Å². The Morgan fingerprint density at radius 1 is 1.41 bits per heavy atom. The van der Waals surface area contributed by atoms with Gasteiger partial charge in [0.2, 0.25) is 0 Å². The van der Waals surface area contributed by atoms with Gasteiger partial charge in [0, 0.05) is 5.39 Å². The third-order valence-electron chi connectivity index (χ3n) is 2.13. The Morgan fingerprint density at radius 2 is 2.12 bits per heavy atom. The van der Waals surface area contributed by atoms with E-state index in [1.165, 1.54) is 4.68 Å². The monoisotopic (exact) mass is 252 g/mol. The average Bonchev–Trinajstić information content (AvgIpc) is 2.60. The summed E-state index contributed by atoms with van der Waals surface area (Å²) in [4.78, 5) is 11.9. The molecule has 0 fully saturated rings. The van der Waals surface area contributed by atoms with Crippen LogP contribution in [0.15, 0.2) is 24.4 Å². The fourth-order valence-electron chi connectivity index (χ4n) is 1.47. The van der Waals surface area contributed by atoms with Crippen molar-refractivity contribution in [2.45, 2.75) is 26.4 Å². The lowest BCUT2D eigenvalue weighted by Gasteiger charge is -2.19. The molecule has 0 bridgehead atoms. The lowest BCUT2D eigenvalue weighted by molar-refractivity contribution is 0.0523. The van der Waals surface area contributed by atoms with Crippen LogP contribution in [0.5, 0.6) is 0 Å². The Morgan fingerprint density at radius 3 is 2.76 bits per heavy atom. The Hall–Kier alpha value is -1.55. The zero-order valence-electron chi connectivity index (χ0n) is 9.90. The van der Waals surface area contributed by atoms with Gasteiger partial charge in [-0.25, -0.2) is 4.79 Å². The minimum absolute atomic E-state index is 0.505. The van der Waals surface area contributed by atoms with Gasteiger partial charge in [-0.1, -0.05) is 17.7 Å². The fraction of sp³-hybridized carbons (Fsp3) is 0.333. The molecule has 0 atom stereocenters. The number of nitrogens with zero attached hydrogens (tertiary/aromatic N) is 2. The van der Waals surface area contributed by atoms with Crippen molar-refractivity contribution < 1.29 is 9.53 Å². The molecule has 0 spiro atoms. The first kappa shape index (κ1) is 11.9. The van der Waals surface area contributed by atoms with E-state index in [1.54, 1.807) is 24.4 Å². The maximum Gasteiger partial charge on any atom is 0.435 e. The van der Waals surface area contributed by atoms with Gasteiger partial charge >= 0.3 is 6.09 Å². The normalized spacial score (nSPS) is 11.8. The van der Waals surface area contributed by atoms with Crippen LogP contribution in [-0.2, 0) is 4.74 Å². The Bertz CT molecular complexity index is 569. The number of fused-ring (bicyclic) bond motifs is 1. The molecular formula is C12H13ClN2O2. The number of halogens is 1. The quantitative estimate of drug-likeness (QED) is 0.721. The maximum absolute atomic E-state index is 11.9. The summed E-state index contributed by atoms with van der Waals surface area (Å²) in [5.74, 6) is 0. The molecule has 2 aromatic rings. The third kappa shape index (κ3) is 2.42. The van der Waals surface area contributed by atoms with Crippen LogP contribution in [0, 0.1) is 0 Å². The second-order valence-electron chi connectivity index (χ2n) is 4.71. The summed E-state index contributed by atoms with van der Waals surface area (Å²) < 4.78 is 6.46. The lowest BCUT2D eigenvalue weighted by atomic mass is 10.2. The first-order valence-corrected chi connectivity index (χ1v) is 5.62. The summed E-state index contributed by atoms with van der Waals surface area (Å²) in [6, 6.07) is 5.30. The molecule has 1 aromatic heterocycles. The standard InChI is InChI=1S/C12H13ClN2O2/c1-12(2,3)17-11(16)15-10-6-4-5-9(13)8(10)7-14-15/h4-7H,1-3H3. The summed E-state index contributed by atoms with van der Waals surface area (Å²) in [7, 11) is 0. The Kier molecular flexibility index (Phi) is 2.83. The van der Waals surface area contributed by atoms with Crippen LogP contribution in [-0.4, -0.2) is 21.5 Å². The number of carbonyl (C=O) groups excluding carboxylic acids is 1. The van der Waals surface area contributed by atoms with Crippen molar-refractivity contribution in [3.63, 3.8) is 0 Å². The summed E-state index contributed by atoms with van der Waals surface area (Å²) in [5, 5.41) is 5.30. The Balaban J connectivity index is 2.43. The van der Waals surface area contributed by atoms with Crippen molar-refractivity contribution in [3.05, 3.63) is 29.4 Å². The molecule has 0 N–H and O–H groups in total. The van der Waals surface area contributed by atoms with Crippen molar-refractivity contribution in [1.82, 2.24) is 9.78 Å². The van der Waals surface area contributed by atoms with Gasteiger partial charge in [-0.05, 0) is 32.9 Å². The van der Waals surface area contributed by atoms with Crippen LogP contribution in [0.2, 0.25) is 5.02 Å². The molecular weight excluding hydrogens is 240 g/mol. The van der Waals surface area contributed by atoms with Gasteiger partial charge in [0.05, 0.1) is 16.7 Å². The predicted octanol–water partition coefficient (Wildman–Crippen LogP) is 3.47. The number of hydrogen-bond donors (Lipinski definition) is 0. The molecule has 0 aliphatic heterocycles. The number of carbonyl (C=O) groups is 1. The minimum atomic E-state index is -0.548. The van der Waals surface area contributed by atoms with E-state index in [0.717, 1.165) is 5.39 Å². The van der Waals surface area contributed by atoms with Gasteiger partial charge < -0.3 is 4.74 Å². The predicted molar refractivity (Wildman–Crippen MR) is 66.4 cm³/mol. The molecule has 0 amide bonds. The highest BCUT2D eigenvalue weighted by Gasteiger charge is 2.20. The van der Waals surface area contributed by atoms with Crippen molar-refractivity contribution in [1.29, 1.82) is 0 Å². The highest BCUT2D eigenvalue weighted by Crippen LogP contribution is 2.23. The molecule has 0 aliphatic carbocycles. The van der Waals surface area contributed by atoms with Gasteiger partial charge in [-0.2, -0.15) is 9.78 Å². The number of ether oxygens (including phenoxy) is 1. The largest absolute Gasteiger partial charge is 0.442 e. The maximum atomic E-state index is 11.9. The first-order chi connectivity index (χ1) is 7.88. The first-order valence-electron chi connectivity index (χ1n) is 5.24. The van der Waals surface area contributed by atoms with Gasteiger partial charge in [0.25, 0.3) is 0 Å². The second kappa shape index (κ2) is 4.04. The third-order valence-corrected chi connectivity index (χ3v) is 2.46. The van der Waals surface area contributed by atoms with Crippen LogP contribution < -0.4 is 0 Å². The number of rotatable bonds is 0. The highest BCUT2D eigenvalue weighted by molar-refractivity contribution is 6.35. The zero-order valence-corrected chi connectivity index (χ0v) is 10.7. The molecule has 0 aliphatic rings. The van der Waals surface area contributed by atoms with Crippen molar-refractivity contribution in [2.24, 2.45) is 0 Å². The van der Waals surface area contributed by atoms with Crippen LogP contribution in [0.1, 0.15) is 20.8 Å². The van der Waals surface area contributed by atoms with E-state index in [4.69, 9.17) is 16.3 Å². The summed E-state index contributed by atoms with van der Waals surface area (Å²) >= 11 is 6.00. The van der Waals surface area contributed by atoms with E-state index in [-0.39, 0.29) is 0 Å². The van der Waals surface area contributed by atoms with Crippen LogP contribution >= 0.6 is 11.6 Å². The lowest BCUT2D eigenvalue weighted by Crippen LogP contribution is -2.27. The number of hydrogen-bond acceptors (Lipinski definition) is 3. The molecule has 1 heterocycles. The van der Waals surface area contributed by atoms with Gasteiger partial charge in [0.1, 0.15) is 5.60 Å². The summed E-state index contributed by atoms with van der Waals surface area (Å²) in [6.07, 6.45) is 1.05. The molecule has 90 valence electrons. The van der Waals surface area contributed by atoms with E-state index in [9.17, 15) is 4.79 Å². The van der Waals surface area contributed by atoms with E-state index >= 15 is 0 Å². The van der Waals surface area contributed by atoms with Crippen molar-refractivity contribution in [3.8, 4) is 0 Å². The molecule has 5 heteroatoms. The van der Waals surface area contributed by atoms with Gasteiger partial charge in [-0.3, -0.25) is 0 Å². The molecule has 2 rings (SSSR count).